The molecular weight excluding hydrogens is 468 g/mol. The topological polar surface area (TPSA) is 119 Å². The molecule has 0 radical (unpaired) electrons. The fourth-order valence-electron chi connectivity index (χ4n) is 5.58. The zero-order valence-corrected chi connectivity index (χ0v) is 20.7. The monoisotopic (exact) mass is 502 g/mol. The van der Waals surface area contributed by atoms with Crippen molar-refractivity contribution in [2.75, 3.05) is 25.4 Å². The van der Waals surface area contributed by atoms with Gasteiger partial charge in [-0.15, -0.1) is 0 Å². The van der Waals surface area contributed by atoms with Gasteiger partial charge in [-0.25, -0.2) is 0 Å². The number of rotatable bonds is 10. The number of hydrogen-bond acceptors (Lipinski definition) is 6. The lowest BCUT2D eigenvalue weighted by molar-refractivity contribution is -0.159. The molecule has 0 unspecified atom stereocenters. The van der Waals surface area contributed by atoms with Gasteiger partial charge in [0, 0.05) is 19.6 Å². The summed E-state index contributed by atoms with van der Waals surface area (Å²) >= 11 is 3.92. The molecule has 0 saturated carbocycles. The second-order valence-corrected chi connectivity index (χ2v) is 9.86. The second-order valence-electron chi connectivity index (χ2n) is 9.54. The molecular formula is C25H34N4O5S. The van der Waals surface area contributed by atoms with E-state index in [4.69, 9.17) is 0 Å². The van der Waals surface area contributed by atoms with Crippen molar-refractivity contribution in [1.29, 1.82) is 0 Å². The zero-order chi connectivity index (χ0) is 24.9. The Morgan fingerprint density at radius 2 is 1.66 bits per heavy atom. The number of hydrogen-bond donors (Lipinski definition) is 4. The highest BCUT2D eigenvalue weighted by Crippen LogP contribution is 2.46. The van der Waals surface area contributed by atoms with Crippen LogP contribution in [0, 0.1) is 5.92 Å². The first-order valence-electron chi connectivity index (χ1n) is 12.5. The molecule has 0 spiro atoms. The maximum atomic E-state index is 13.4. The third-order valence-electron chi connectivity index (χ3n) is 7.29. The average Bonchev–Trinajstić information content (AvgIpc) is 3.51. The van der Waals surface area contributed by atoms with E-state index in [1.807, 2.05) is 0 Å². The van der Waals surface area contributed by atoms with E-state index in [-0.39, 0.29) is 35.1 Å². The van der Waals surface area contributed by atoms with Gasteiger partial charge in [0.25, 0.3) is 0 Å². The van der Waals surface area contributed by atoms with Crippen molar-refractivity contribution < 1.29 is 24.3 Å². The van der Waals surface area contributed by atoms with E-state index in [0.29, 0.717) is 32.5 Å². The largest absolute Gasteiger partial charge is 0.508 e. The van der Waals surface area contributed by atoms with Gasteiger partial charge in [0.15, 0.2) is 0 Å². The summed E-state index contributed by atoms with van der Waals surface area (Å²) in [7, 11) is 0. The molecule has 4 amide bonds. The minimum atomic E-state index is -0.626. The first-order chi connectivity index (χ1) is 16.9. The highest BCUT2D eigenvalue weighted by molar-refractivity contribution is 7.81. The molecule has 4 rings (SSSR count). The molecule has 4 atom stereocenters. The number of piperazine rings is 1. The maximum Gasteiger partial charge on any atom is 0.246 e. The third-order valence-corrected chi connectivity index (χ3v) is 7.58. The van der Waals surface area contributed by atoms with Crippen LogP contribution in [0.4, 0.5) is 0 Å². The Balaban J connectivity index is 1.38. The number of nitrogens with one attached hydrogen (secondary N) is 2. The van der Waals surface area contributed by atoms with Gasteiger partial charge in [0.2, 0.25) is 23.6 Å². The molecule has 3 heterocycles. The van der Waals surface area contributed by atoms with E-state index >= 15 is 0 Å². The molecule has 3 aliphatic rings. The summed E-state index contributed by atoms with van der Waals surface area (Å²) < 4.78 is 0. The predicted molar refractivity (Wildman–Crippen MR) is 133 cm³/mol. The fourth-order valence-corrected chi connectivity index (χ4v) is 5.69. The van der Waals surface area contributed by atoms with Crippen LogP contribution in [-0.2, 0) is 19.2 Å². The van der Waals surface area contributed by atoms with Gasteiger partial charge in [-0.2, -0.15) is 12.6 Å². The third kappa shape index (κ3) is 5.42. The number of benzene rings is 1. The first kappa shape index (κ1) is 25.3. The maximum absolute atomic E-state index is 13.4. The molecule has 35 heavy (non-hydrogen) atoms. The number of aromatic hydroxyl groups is 1. The van der Waals surface area contributed by atoms with Crippen LogP contribution in [-0.4, -0.2) is 76.0 Å². The van der Waals surface area contributed by atoms with Crippen LogP contribution in [0.5, 0.6) is 5.75 Å². The minimum absolute atomic E-state index is 0.0591. The summed E-state index contributed by atoms with van der Waals surface area (Å²) in [6.07, 6.45) is 5.32. The lowest BCUT2D eigenvalue weighted by atomic mass is 9.92. The number of nitrogens with zero attached hydrogens (tertiary/aromatic N) is 2. The molecule has 10 heteroatoms. The van der Waals surface area contributed by atoms with Gasteiger partial charge in [-0.1, -0.05) is 25.0 Å². The molecule has 0 bridgehead atoms. The van der Waals surface area contributed by atoms with E-state index in [0.717, 1.165) is 37.7 Å². The summed E-state index contributed by atoms with van der Waals surface area (Å²) in [4.78, 5) is 54.4. The molecule has 3 fully saturated rings. The number of fused-ring (bicyclic) bond motifs is 2. The van der Waals surface area contributed by atoms with E-state index in [1.165, 1.54) is 0 Å². The number of unbranched alkanes of at least 4 members (excludes halogenated alkanes) is 3. The fraction of sp³-hybridized carbons (Fsp3) is 0.600. The summed E-state index contributed by atoms with van der Waals surface area (Å²) in [5.74, 6) is -0.603. The summed E-state index contributed by atoms with van der Waals surface area (Å²) in [5, 5.41) is 15.5. The van der Waals surface area contributed by atoms with Crippen molar-refractivity contribution in [2.24, 2.45) is 5.92 Å². The molecule has 1 aromatic carbocycles. The standard InChI is InChI=1S/C25H34N4O5S/c30-17-9-7-16(8-10-17)22-18(23(32)27-12-4-2-1-3-11-26-21(31)15-35)14-20-24(33)28-13-5-6-19(28)25(34)29(20)22/h7-10,18-20,22,30,35H,1-6,11-15H2,(H,26,31)(H,27,32)/t18-,19+,20-,22-/m1/s1. The van der Waals surface area contributed by atoms with Gasteiger partial charge in [-0.3, -0.25) is 19.2 Å². The molecule has 1 aromatic rings. The number of carbonyl (C=O) groups excluding carboxylic acids is 4. The zero-order valence-electron chi connectivity index (χ0n) is 19.8. The quantitative estimate of drug-likeness (QED) is 0.285. The van der Waals surface area contributed by atoms with E-state index in [9.17, 15) is 24.3 Å². The van der Waals surface area contributed by atoms with Crippen LogP contribution in [0.3, 0.4) is 0 Å². The molecule has 0 aliphatic carbocycles. The predicted octanol–water partition coefficient (Wildman–Crippen LogP) is 1.38. The lowest BCUT2D eigenvalue weighted by Crippen LogP contribution is -2.60. The smallest absolute Gasteiger partial charge is 0.246 e. The van der Waals surface area contributed by atoms with Crippen molar-refractivity contribution in [3.63, 3.8) is 0 Å². The van der Waals surface area contributed by atoms with Crippen LogP contribution in [0.25, 0.3) is 0 Å². The van der Waals surface area contributed by atoms with Crippen molar-refractivity contribution in [2.45, 2.75) is 63.1 Å². The Kier molecular flexibility index (Phi) is 8.20. The number of carbonyl (C=O) groups is 4. The van der Waals surface area contributed by atoms with Crippen LogP contribution in [0.1, 0.15) is 56.6 Å². The highest BCUT2D eigenvalue weighted by Gasteiger charge is 2.57. The van der Waals surface area contributed by atoms with Gasteiger partial charge in [-0.05, 0) is 49.8 Å². The number of amides is 4. The summed E-state index contributed by atoms with van der Waals surface area (Å²) in [5.41, 5.74) is 0.751. The highest BCUT2D eigenvalue weighted by atomic mass is 32.1. The molecule has 3 N–H and O–H groups in total. The summed E-state index contributed by atoms with van der Waals surface area (Å²) in [6.45, 7) is 1.74. The van der Waals surface area contributed by atoms with Gasteiger partial charge in [0.1, 0.15) is 17.8 Å². The van der Waals surface area contributed by atoms with Crippen LogP contribution >= 0.6 is 12.6 Å². The van der Waals surface area contributed by atoms with Crippen LogP contribution in [0.15, 0.2) is 24.3 Å². The van der Waals surface area contributed by atoms with Crippen molar-refractivity contribution in [3.05, 3.63) is 29.8 Å². The Morgan fingerprint density at radius 3 is 2.34 bits per heavy atom. The van der Waals surface area contributed by atoms with Gasteiger partial charge >= 0.3 is 0 Å². The van der Waals surface area contributed by atoms with E-state index in [1.54, 1.807) is 34.1 Å². The molecule has 0 aromatic heterocycles. The van der Waals surface area contributed by atoms with E-state index < -0.39 is 24.0 Å². The number of thiol groups is 1. The lowest BCUT2D eigenvalue weighted by Gasteiger charge is -2.41. The van der Waals surface area contributed by atoms with Crippen molar-refractivity contribution in [3.8, 4) is 5.75 Å². The van der Waals surface area contributed by atoms with Gasteiger partial charge < -0.3 is 25.5 Å². The van der Waals surface area contributed by atoms with Crippen molar-refractivity contribution in [1.82, 2.24) is 20.4 Å². The molecule has 3 saturated heterocycles. The van der Waals surface area contributed by atoms with E-state index in [2.05, 4.69) is 23.3 Å². The normalized spacial score (nSPS) is 25.4. The number of phenolic OH excluding ortho intramolecular Hbond substituents is 1. The second kappa shape index (κ2) is 11.3. The Hall–Kier alpha value is -2.75. The van der Waals surface area contributed by atoms with Crippen LogP contribution < -0.4 is 10.6 Å². The molecule has 190 valence electrons. The summed E-state index contributed by atoms with van der Waals surface area (Å²) in [6, 6.07) is 4.97. The van der Waals surface area contributed by atoms with Gasteiger partial charge in [0.05, 0.1) is 17.7 Å². The average molecular weight is 503 g/mol. The SMILES string of the molecule is O=C(CS)NCCCCCCNC(=O)[C@@H]1C[C@@H]2C(=O)N3CCC[C@H]3C(=O)N2[C@@H]1c1ccc(O)cc1. The number of phenols is 1. The van der Waals surface area contributed by atoms with Crippen molar-refractivity contribution >= 4 is 36.3 Å². The van der Waals surface area contributed by atoms with Crippen LogP contribution in [0.2, 0.25) is 0 Å². The minimum Gasteiger partial charge on any atom is -0.508 e. The molecule has 3 aliphatic heterocycles. The Bertz CT molecular complexity index is 956. The Labute approximate surface area is 211 Å². The Morgan fingerprint density at radius 1 is 0.971 bits per heavy atom. The molecule has 9 nitrogen and oxygen atoms in total. The first-order valence-corrected chi connectivity index (χ1v) is 13.1.